The Morgan fingerprint density at radius 1 is 1.40 bits per heavy atom. The standard InChI is InChI=1S/C10H12F2N2O/c1-14(2)9(15)6-13-8-5-3-4-7(11)10(8)12/h3-5,13H,6H2,1-2H3. The molecule has 3 nitrogen and oxygen atoms in total. The monoisotopic (exact) mass is 214 g/mol. The van der Waals surface area contributed by atoms with Crippen molar-refractivity contribution in [2.75, 3.05) is 26.0 Å². The van der Waals surface area contributed by atoms with E-state index in [2.05, 4.69) is 5.32 Å². The van der Waals surface area contributed by atoms with Gasteiger partial charge in [0.25, 0.3) is 0 Å². The second kappa shape index (κ2) is 4.72. The molecule has 0 aliphatic carbocycles. The van der Waals surface area contributed by atoms with Crippen LogP contribution < -0.4 is 5.32 Å². The molecular formula is C10H12F2N2O. The Kier molecular flexibility index (Phi) is 3.60. The van der Waals surface area contributed by atoms with Gasteiger partial charge in [0.05, 0.1) is 12.2 Å². The smallest absolute Gasteiger partial charge is 0.241 e. The van der Waals surface area contributed by atoms with Crippen LogP contribution in [0.2, 0.25) is 0 Å². The highest BCUT2D eigenvalue weighted by Crippen LogP contribution is 2.15. The van der Waals surface area contributed by atoms with Crippen LogP contribution >= 0.6 is 0 Å². The van der Waals surface area contributed by atoms with Gasteiger partial charge in [-0.15, -0.1) is 0 Å². The maximum absolute atomic E-state index is 13.1. The summed E-state index contributed by atoms with van der Waals surface area (Å²) in [5.41, 5.74) is -0.00907. The summed E-state index contributed by atoms with van der Waals surface area (Å²) >= 11 is 0. The molecule has 1 aromatic rings. The van der Waals surface area contributed by atoms with E-state index in [1.54, 1.807) is 14.1 Å². The normalized spacial score (nSPS) is 9.87. The molecule has 1 aromatic carbocycles. The Labute approximate surface area is 86.7 Å². The zero-order valence-electron chi connectivity index (χ0n) is 8.55. The predicted molar refractivity (Wildman–Crippen MR) is 53.5 cm³/mol. The molecule has 1 N–H and O–H groups in total. The number of rotatable bonds is 3. The molecule has 0 radical (unpaired) electrons. The SMILES string of the molecule is CN(C)C(=O)CNc1cccc(F)c1F. The fourth-order valence-corrected chi connectivity index (χ4v) is 0.969. The van der Waals surface area contributed by atoms with Crippen LogP contribution in [0.5, 0.6) is 0 Å². The highest BCUT2D eigenvalue weighted by molar-refractivity contribution is 5.80. The summed E-state index contributed by atoms with van der Waals surface area (Å²) in [4.78, 5) is 12.5. The number of carbonyl (C=O) groups is 1. The zero-order valence-corrected chi connectivity index (χ0v) is 8.55. The summed E-state index contributed by atoms with van der Waals surface area (Å²) in [5, 5.41) is 2.53. The first kappa shape index (κ1) is 11.4. The minimum Gasteiger partial charge on any atom is -0.374 e. The number of anilines is 1. The van der Waals surface area contributed by atoms with Crippen molar-refractivity contribution in [2.24, 2.45) is 0 Å². The zero-order chi connectivity index (χ0) is 11.4. The first-order valence-corrected chi connectivity index (χ1v) is 4.40. The van der Waals surface area contributed by atoms with E-state index in [0.29, 0.717) is 0 Å². The highest BCUT2D eigenvalue weighted by Gasteiger charge is 2.09. The summed E-state index contributed by atoms with van der Waals surface area (Å²) in [5.74, 6) is -2.11. The number of carbonyl (C=O) groups excluding carboxylic acids is 1. The van der Waals surface area contributed by atoms with Crippen LogP contribution in [0.3, 0.4) is 0 Å². The van der Waals surface area contributed by atoms with Crippen LogP contribution in [0.15, 0.2) is 18.2 Å². The minimum atomic E-state index is -0.968. The van der Waals surface area contributed by atoms with Crippen molar-refractivity contribution >= 4 is 11.6 Å². The Bertz CT molecular complexity index is 366. The quantitative estimate of drug-likeness (QED) is 0.826. The van der Waals surface area contributed by atoms with E-state index in [0.717, 1.165) is 6.07 Å². The van der Waals surface area contributed by atoms with Crippen LogP contribution in [-0.4, -0.2) is 31.4 Å². The predicted octanol–water partition coefficient (Wildman–Crippen LogP) is 1.46. The molecule has 1 rings (SSSR count). The molecule has 0 aromatic heterocycles. The number of amides is 1. The number of hydrogen-bond acceptors (Lipinski definition) is 2. The van der Waals surface area contributed by atoms with E-state index < -0.39 is 11.6 Å². The van der Waals surface area contributed by atoms with E-state index in [9.17, 15) is 13.6 Å². The molecule has 0 fully saturated rings. The van der Waals surface area contributed by atoms with E-state index in [1.165, 1.54) is 17.0 Å². The summed E-state index contributed by atoms with van der Waals surface area (Å²) < 4.78 is 25.8. The van der Waals surface area contributed by atoms with Crippen LogP contribution in [0.1, 0.15) is 0 Å². The molecular weight excluding hydrogens is 202 g/mol. The Morgan fingerprint density at radius 2 is 2.07 bits per heavy atom. The van der Waals surface area contributed by atoms with Gasteiger partial charge in [0.2, 0.25) is 5.91 Å². The number of hydrogen-bond donors (Lipinski definition) is 1. The largest absolute Gasteiger partial charge is 0.374 e. The molecule has 0 aliphatic rings. The number of nitrogens with zero attached hydrogens (tertiary/aromatic N) is 1. The Hall–Kier alpha value is -1.65. The fraction of sp³-hybridized carbons (Fsp3) is 0.300. The molecule has 0 unspecified atom stereocenters. The fourth-order valence-electron chi connectivity index (χ4n) is 0.969. The van der Waals surface area contributed by atoms with Gasteiger partial charge in [-0.2, -0.15) is 0 Å². The van der Waals surface area contributed by atoms with E-state index in [-0.39, 0.29) is 18.1 Å². The van der Waals surface area contributed by atoms with Crippen LogP contribution in [0.4, 0.5) is 14.5 Å². The van der Waals surface area contributed by atoms with Crippen LogP contribution in [0.25, 0.3) is 0 Å². The molecule has 0 saturated carbocycles. The molecule has 5 heteroatoms. The molecule has 0 spiro atoms. The van der Waals surface area contributed by atoms with E-state index in [4.69, 9.17) is 0 Å². The van der Waals surface area contributed by atoms with Gasteiger partial charge in [-0.25, -0.2) is 8.78 Å². The molecule has 15 heavy (non-hydrogen) atoms. The van der Waals surface area contributed by atoms with Gasteiger partial charge in [-0.1, -0.05) is 6.07 Å². The topological polar surface area (TPSA) is 32.3 Å². The van der Waals surface area contributed by atoms with Gasteiger partial charge in [-0.05, 0) is 12.1 Å². The first-order chi connectivity index (χ1) is 7.02. The Morgan fingerprint density at radius 3 is 2.67 bits per heavy atom. The lowest BCUT2D eigenvalue weighted by Crippen LogP contribution is -2.28. The third-order valence-corrected chi connectivity index (χ3v) is 1.88. The molecule has 1 amide bonds. The van der Waals surface area contributed by atoms with Crippen molar-refractivity contribution in [3.63, 3.8) is 0 Å². The summed E-state index contributed by atoms with van der Waals surface area (Å²) in [6.45, 7) is -0.0621. The third-order valence-electron chi connectivity index (χ3n) is 1.88. The molecule has 0 atom stereocenters. The number of nitrogens with one attached hydrogen (secondary N) is 1. The lowest BCUT2D eigenvalue weighted by Gasteiger charge is -2.12. The summed E-state index contributed by atoms with van der Waals surface area (Å²) in [6, 6.07) is 3.77. The van der Waals surface area contributed by atoms with Crippen molar-refractivity contribution in [2.45, 2.75) is 0 Å². The molecule has 82 valence electrons. The van der Waals surface area contributed by atoms with Crippen LogP contribution in [0, 0.1) is 11.6 Å². The molecule has 0 aliphatic heterocycles. The van der Waals surface area contributed by atoms with Gasteiger partial charge >= 0.3 is 0 Å². The number of likely N-dealkylation sites (N-methyl/N-ethyl adjacent to an activating group) is 1. The summed E-state index contributed by atoms with van der Waals surface area (Å²) in [7, 11) is 3.18. The van der Waals surface area contributed by atoms with Crippen molar-refractivity contribution in [3.05, 3.63) is 29.8 Å². The van der Waals surface area contributed by atoms with Gasteiger partial charge in [0, 0.05) is 14.1 Å². The Balaban J connectivity index is 2.66. The van der Waals surface area contributed by atoms with Crippen molar-refractivity contribution in [3.8, 4) is 0 Å². The molecule has 0 bridgehead atoms. The first-order valence-electron chi connectivity index (χ1n) is 4.40. The van der Waals surface area contributed by atoms with Gasteiger partial charge in [-0.3, -0.25) is 4.79 Å². The lowest BCUT2D eigenvalue weighted by molar-refractivity contribution is -0.126. The van der Waals surface area contributed by atoms with Crippen molar-refractivity contribution in [1.82, 2.24) is 4.90 Å². The van der Waals surface area contributed by atoms with E-state index in [1.807, 2.05) is 0 Å². The van der Waals surface area contributed by atoms with E-state index >= 15 is 0 Å². The lowest BCUT2D eigenvalue weighted by atomic mass is 10.3. The van der Waals surface area contributed by atoms with Crippen molar-refractivity contribution in [1.29, 1.82) is 0 Å². The van der Waals surface area contributed by atoms with Crippen molar-refractivity contribution < 1.29 is 13.6 Å². The summed E-state index contributed by atoms with van der Waals surface area (Å²) in [6.07, 6.45) is 0. The maximum atomic E-state index is 13.1. The van der Waals surface area contributed by atoms with Gasteiger partial charge < -0.3 is 10.2 Å². The average molecular weight is 214 g/mol. The number of halogens is 2. The number of benzene rings is 1. The average Bonchev–Trinajstić information content (AvgIpc) is 2.19. The second-order valence-corrected chi connectivity index (χ2v) is 3.24. The third kappa shape index (κ3) is 2.90. The highest BCUT2D eigenvalue weighted by atomic mass is 19.2. The molecule has 0 heterocycles. The molecule has 0 saturated heterocycles. The maximum Gasteiger partial charge on any atom is 0.241 e. The second-order valence-electron chi connectivity index (χ2n) is 3.24. The van der Waals surface area contributed by atoms with Gasteiger partial charge in [0.1, 0.15) is 0 Å². The minimum absolute atomic E-state index is 0.00907. The van der Waals surface area contributed by atoms with Crippen LogP contribution in [-0.2, 0) is 4.79 Å². The van der Waals surface area contributed by atoms with Gasteiger partial charge in [0.15, 0.2) is 11.6 Å².